The fourth-order valence-electron chi connectivity index (χ4n) is 3.50. The number of hydrogen-bond acceptors (Lipinski definition) is 6. The highest BCUT2D eigenvalue weighted by molar-refractivity contribution is 7.15. The lowest BCUT2D eigenvalue weighted by Gasteiger charge is -2.16. The van der Waals surface area contributed by atoms with Crippen LogP contribution in [0.4, 0.5) is 5.13 Å². The molecule has 0 N–H and O–H groups in total. The van der Waals surface area contributed by atoms with E-state index in [0.717, 1.165) is 49.7 Å². The van der Waals surface area contributed by atoms with Gasteiger partial charge in [0, 0.05) is 23.4 Å². The highest BCUT2D eigenvalue weighted by Crippen LogP contribution is 2.43. The average molecular weight is 402 g/mol. The summed E-state index contributed by atoms with van der Waals surface area (Å²) in [5, 5.41) is 2.93. The average Bonchev–Trinajstić information content (AvgIpc) is 3.20. The number of ether oxygens (including phenoxy) is 3. The molecule has 0 radical (unpaired) electrons. The summed E-state index contributed by atoms with van der Waals surface area (Å²) in [4.78, 5) is 10.5. The smallest absolute Gasteiger partial charge is 0.210 e. The maximum absolute atomic E-state index is 5.88. The first-order valence-electron chi connectivity index (χ1n) is 9.17. The van der Waals surface area contributed by atoms with Gasteiger partial charge in [-0.3, -0.25) is 0 Å². The van der Waals surface area contributed by atoms with E-state index < -0.39 is 0 Å². The Balaban J connectivity index is 1.54. The lowest BCUT2D eigenvalue weighted by Crippen LogP contribution is -2.03. The number of thiazole rings is 1. The van der Waals surface area contributed by atoms with Crippen LogP contribution in [0.2, 0.25) is 0 Å². The lowest BCUT2D eigenvalue weighted by molar-refractivity contribution is 0.303. The van der Waals surface area contributed by atoms with Crippen LogP contribution in [0, 0.1) is 0 Å². The van der Waals surface area contributed by atoms with Crippen LogP contribution >= 0.6 is 11.3 Å². The third-order valence-corrected chi connectivity index (χ3v) is 5.88. The van der Waals surface area contributed by atoms with Gasteiger partial charge >= 0.3 is 0 Å². The van der Waals surface area contributed by atoms with Crippen molar-refractivity contribution >= 4 is 33.5 Å². The van der Waals surface area contributed by atoms with Gasteiger partial charge in [-0.15, -0.1) is 0 Å². The van der Waals surface area contributed by atoms with Crippen LogP contribution in [0.3, 0.4) is 0 Å². The molecule has 5 nitrogen and oxygen atoms in total. The van der Waals surface area contributed by atoms with Crippen molar-refractivity contribution in [3.63, 3.8) is 0 Å². The summed E-state index contributed by atoms with van der Waals surface area (Å²) in [6, 6.07) is 18.0. The predicted molar refractivity (Wildman–Crippen MR) is 116 cm³/mol. The number of hydrogen-bond donors (Lipinski definition) is 0. The van der Waals surface area contributed by atoms with Crippen molar-refractivity contribution in [3.8, 4) is 28.5 Å². The van der Waals surface area contributed by atoms with Gasteiger partial charge in [0.05, 0.1) is 24.8 Å². The Bertz CT molecular complexity index is 1250. The van der Waals surface area contributed by atoms with Gasteiger partial charge in [0.15, 0.2) is 0 Å². The van der Waals surface area contributed by atoms with Crippen LogP contribution in [0.25, 0.3) is 22.0 Å². The van der Waals surface area contributed by atoms with Gasteiger partial charge in [-0.25, -0.2) is 9.98 Å². The van der Waals surface area contributed by atoms with Gasteiger partial charge in [-0.1, -0.05) is 41.7 Å². The number of methoxy groups -OCH3 is 2. The van der Waals surface area contributed by atoms with Crippen molar-refractivity contribution in [2.75, 3.05) is 14.2 Å². The molecule has 0 unspecified atom stereocenters. The maximum Gasteiger partial charge on any atom is 0.210 e. The maximum atomic E-state index is 5.88. The summed E-state index contributed by atoms with van der Waals surface area (Å²) >= 11 is 1.54. The second-order valence-corrected chi connectivity index (χ2v) is 7.64. The molecule has 144 valence electrons. The zero-order chi connectivity index (χ0) is 19.8. The molecular weight excluding hydrogens is 384 g/mol. The molecule has 29 heavy (non-hydrogen) atoms. The first kappa shape index (κ1) is 17.7. The SMILES string of the molecule is COc1ccc2c(c1)OCc1sc(N=Cc3c(OC)ccc4ccccc34)nc1-2. The fourth-order valence-corrected chi connectivity index (χ4v) is 4.33. The topological polar surface area (TPSA) is 52.9 Å². The lowest BCUT2D eigenvalue weighted by atomic mass is 10.0. The molecule has 1 aromatic heterocycles. The summed E-state index contributed by atoms with van der Waals surface area (Å²) in [6.07, 6.45) is 1.83. The molecule has 0 bridgehead atoms. The molecule has 1 aliphatic heterocycles. The van der Waals surface area contributed by atoms with Crippen molar-refractivity contribution < 1.29 is 14.2 Å². The number of benzene rings is 3. The summed E-state index contributed by atoms with van der Waals surface area (Å²) in [6.45, 7) is 0.486. The van der Waals surface area contributed by atoms with E-state index in [4.69, 9.17) is 19.2 Å². The Morgan fingerprint density at radius 1 is 1.07 bits per heavy atom. The molecule has 1 aliphatic rings. The second-order valence-electron chi connectivity index (χ2n) is 6.58. The molecule has 0 amide bonds. The molecule has 0 saturated carbocycles. The highest BCUT2D eigenvalue weighted by atomic mass is 32.1. The third kappa shape index (κ3) is 3.11. The monoisotopic (exact) mass is 402 g/mol. The Hall–Kier alpha value is -3.38. The molecular formula is C23H18N2O3S. The molecule has 0 fully saturated rings. The summed E-state index contributed by atoms with van der Waals surface area (Å²) in [7, 11) is 3.32. The van der Waals surface area contributed by atoms with Crippen LogP contribution < -0.4 is 14.2 Å². The Labute approximate surface area is 172 Å². The van der Waals surface area contributed by atoms with Gasteiger partial charge < -0.3 is 14.2 Å². The van der Waals surface area contributed by atoms with Crippen molar-refractivity contribution in [2.45, 2.75) is 6.61 Å². The number of fused-ring (bicyclic) bond motifs is 4. The minimum Gasteiger partial charge on any atom is -0.497 e. The molecule has 0 atom stereocenters. The van der Waals surface area contributed by atoms with E-state index in [0.29, 0.717) is 11.7 Å². The van der Waals surface area contributed by atoms with Gasteiger partial charge in [0.25, 0.3) is 0 Å². The standard InChI is InChI=1S/C23H18N2O3S/c1-26-15-8-9-17-20(11-15)28-13-21-22(17)25-23(29-21)24-12-18-16-6-4-3-5-14(16)7-10-19(18)27-2/h3-12H,13H2,1-2H3. The first-order chi connectivity index (χ1) is 14.3. The van der Waals surface area contributed by atoms with Crippen molar-refractivity contribution in [1.82, 2.24) is 4.98 Å². The zero-order valence-electron chi connectivity index (χ0n) is 16.0. The van der Waals surface area contributed by atoms with E-state index in [2.05, 4.69) is 23.2 Å². The van der Waals surface area contributed by atoms with Crippen LogP contribution in [-0.4, -0.2) is 25.4 Å². The zero-order valence-corrected chi connectivity index (χ0v) is 16.8. The van der Waals surface area contributed by atoms with Crippen molar-refractivity contribution in [1.29, 1.82) is 0 Å². The summed E-state index contributed by atoms with van der Waals surface area (Å²) in [5.41, 5.74) is 2.84. The number of aliphatic imine (C=N–C) groups is 1. The summed E-state index contributed by atoms with van der Waals surface area (Å²) < 4.78 is 16.7. The van der Waals surface area contributed by atoms with Crippen LogP contribution in [0.1, 0.15) is 10.4 Å². The van der Waals surface area contributed by atoms with Gasteiger partial charge in [0.2, 0.25) is 5.13 Å². The molecule has 4 aromatic rings. The number of aromatic nitrogens is 1. The van der Waals surface area contributed by atoms with E-state index in [1.807, 2.05) is 42.6 Å². The highest BCUT2D eigenvalue weighted by Gasteiger charge is 2.22. The molecule has 0 saturated heterocycles. The quantitative estimate of drug-likeness (QED) is 0.416. The predicted octanol–water partition coefficient (Wildman–Crippen LogP) is 5.62. The molecule has 3 aromatic carbocycles. The molecule has 0 aliphatic carbocycles. The van der Waals surface area contributed by atoms with E-state index in [1.54, 1.807) is 25.6 Å². The second kappa shape index (κ2) is 7.22. The largest absolute Gasteiger partial charge is 0.497 e. The van der Waals surface area contributed by atoms with E-state index in [-0.39, 0.29) is 0 Å². The van der Waals surface area contributed by atoms with E-state index in [9.17, 15) is 0 Å². The first-order valence-corrected chi connectivity index (χ1v) is 9.99. The van der Waals surface area contributed by atoms with Gasteiger partial charge in [-0.2, -0.15) is 0 Å². The van der Waals surface area contributed by atoms with Gasteiger partial charge in [0.1, 0.15) is 23.9 Å². The molecule has 0 spiro atoms. The minimum atomic E-state index is 0.486. The van der Waals surface area contributed by atoms with Gasteiger partial charge in [-0.05, 0) is 29.0 Å². The summed E-state index contributed by atoms with van der Waals surface area (Å²) in [5.74, 6) is 2.34. The Morgan fingerprint density at radius 3 is 2.83 bits per heavy atom. The van der Waals surface area contributed by atoms with E-state index >= 15 is 0 Å². The van der Waals surface area contributed by atoms with E-state index in [1.165, 1.54) is 0 Å². The Morgan fingerprint density at radius 2 is 1.97 bits per heavy atom. The number of rotatable bonds is 4. The molecule has 2 heterocycles. The number of nitrogens with zero attached hydrogens (tertiary/aromatic N) is 2. The van der Waals surface area contributed by atoms with Crippen molar-refractivity contribution in [3.05, 3.63) is 65.0 Å². The van der Waals surface area contributed by atoms with Crippen LogP contribution in [-0.2, 0) is 6.61 Å². The third-order valence-electron chi connectivity index (χ3n) is 4.94. The fraction of sp³-hybridized carbons (Fsp3) is 0.130. The minimum absolute atomic E-state index is 0.486. The van der Waals surface area contributed by atoms with Crippen LogP contribution in [0.15, 0.2) is 59.6 Å². The molecule has 5 rings (SSSR count). The Kier molecular flexibility index (Phi) is 4.41. The normalized spacial score (nSPS) is 12.5. The van der Waals surface area contributed by atoms with Crippen LogP contribution in [0.5, 0.6) is 17.2 Å². The van der Waals surface area contributed by atoms with Crippen molar-refractivity contribution in [2.24, 2.45) is 4.99 Å². The molecule has 6 heteroatoms.